The van der Waals surface area contributed by atoms with E-state index in [9.17, 15) is 13.2 Å². The number of amides is 1. The Morgan fingerprint density at radius 1 is 1.11 bits per heavy atom. The standard InChI is InChI=1S/C17H35N5O4S.HI/c1-5-18-15(19-7-6-8-21-16(23)26-17(2,3)4)20-9-10-22-11-13-27(24,25)14-12-22;/h5-14H2,1-4H3,(H,21,23)(H2,18,19,20);1H. The van der Waals surface area contributed by atoms with E-state index in [0.717, 1.165) is 19.0 Å². The van der Waals surface area contributed by atoms with Crippen LogP contribution in [0.2, 0.25) is 0 Å². The number of nitrogens with one attached hydrogen (secondary N) is 3. The average Bonchev–Trinajstić information content (AvgIpc) is 2.54. The van der Waals surface area contributed by atoms with Crippen LogP contribution in [0, 0.1) is 0 Å². The number of alkyl carbamates (subject to hydrolysis) is 1. The fraction of sp³-hybridized carbons (Fsp3) is 0.882. The van der Waals surface area contributed by atoms with E-state index in [0.29, 0.717) is 39.1 Å². The van der Waals surface area contributed by atoms with Gasteiger partial charge in [-0.1, -0.05) is 0 Å². The van der Waals surface area contributed by atoms with Crippen molar-refractivity contribution >= 4 is 45.9 Å². The lowest BCUT2D eigenvalue weighted by Crippen LogP contribution is -2.46. The molecule has 0 aromatic rings. The zero-order chi connectivity index (χ0) is 20.3. The van der Waals surface area contributed by atoms with E-state index in [1.165, 1.54) is 0 Å². The van der Waals surface area contributed by atoms with Crippen molar-refractivity contribution in [1.82, 2.24) is 20.9 Å². The van der Waals surface area contributed by atoms with Crippen molar-refractivity contribution in [3.8, 4) is 0 Å². The monoisotopic (exact) mass is 533 g/mol. The van der Waals surface area contributed by atoms with Gasteiger partial charge in [-0.2, -0.15) is 0 Å². The minimum atomic E-state index is -2.84. The predicted molar refractivity (Wildman–Crippen MR) is 123 cm³/mol. The van der Waals surface area contributed by atoms with Crippen molar-refractivity contribution in [2.75, 3.05) is 57.3 Å². The maximum atomic E-state index is 11.6. The molecule has 0 radical (unpaired) electrons. The lowest BCUT2D eigenvalue weighted by molar-refractivity contribution is 0.0527. The molecule has 0 spiro atoms. The quantitative estimate of drug-likeness (QED) is 0.183. The molecular formula is C17H36IN5O4S. The van der Waals surface area contributed by atoms with E-state index in [4.69, 9.17) is 4.74 Å². The van der Waals surface area contributed by atoms with Crippen molar-refractivity contribution in [2.45, 2.75) is 39.7 Å². The predicted octanol–water partition coefficient (Wildman–Crippen LogP) is 0.805. The van der Waals surface area contributed by atoms with Crippen LogP contribution in [-0.4, -0.2) is 88.3 Å². The highest BCUT2D eigenvalue weighted by Gasteiger charge is 2.21. The smallest absolute Gasteiger partial charge is 0.407 e. The van der Waals surface area contributed by atoms with Crippen LogP contribution in [-0.2, 0) is 14.6 Å². The van der Waals surface area contributed by atoms with Crippen LogP contribution in [0.4, 0.5) is 4.79 Å². The van der Waals surface area contributed by atoms with E-state index in [1.54, 1.807) is 0 Å². The summed E-state index contributed by atoms with van der Waals surface area (Å²) < 4.78 is 28.1. The second-order valence-corrected chi connectivity index (χ2v) is 9.77. The third-order valence-electron chi connectivity index (χ3n) is 3.77. The molecule has 0 saturated carbocycles. The Labute approximate surface area is 186 Å². The Kier molecular flexibility index (Phi) is 13.0. The molecule has 0 bridgehead atoms. The highest BCUT2D eigenvalue weighted by Crippen LogP contribution is 2.06. The number of aliphatic imine (C=N–C) groups is 1. The summed E-state index contributed by atoms with van der Waals surface area (Å²) in [5.41, 5.74) is -0.497. The van der Waals surface area contributed by atoms with Crippen molar-refractivity contribution in [1.29, 1.82) is 0 Å². The number of hydrogen-bond acceptors (Lipinski definition) is 6. The van der Waals surface area contributed by atoms with Crippen molar-refractivity contribution in [3.63, 3.8) is 0 Å². The summed E-state index contributed by atoms with van der Waals surface area (Å²) in [5, 5.41) is 9.14. The SMILES string of the molecule is CCNC(=NCCCNC(=O)OC(C)(C)C)NCCN1CCS(=O)(=O)CC1.I. The number of carbonyl (C=O) groups excluding carboxylic acids is 1. The van der Waals surface area contributed by atoms with Gasteiger partial charge in [0.05, 0.1) is 11.5 Å². The maximum Gasteiger partial charge on any atom is 0.407 e. The van der Waals surface area contributed by atoms with E-state index in [-0.39, 0.29) is 35.5 Å². The third kappa shape index (κ3) is 13.4. The topological polar surface area (TPSA) is 112 Å². The van der Waals surface area contributed by atoms with Crippen LogP contribution in [0.3, 0.4) is 0 Å². The number of guanidine groups is 1. The zero-order valence-corrected chi connectivity index (χ0v) is 20.6. The van der Waals surface area contributed by atoms with Crippen LogP contribution in [0.5, 0.6) is 0 Å². The van der Waals surface area contributed by atoms with Crippen molar-refractivity contribution in [2.24, 2.45) is 4.99 Å². The van der Waals surface area contributed by atoms with Crippen molar-refractivity contribution in [3.05, 3.63) is 0 Å². The minimum Gasteiger partial charge on any atom is -0.444 e. The molecule has 9 nitrogen and oxygen atoms in total. The van der Waals surface area contributed by atoms with Gasteiger partial charge in [0.15, 0.2) is 15.8 Å². The highest BCUT2D eigenvalue weighted by atomic mass is 127. The third-order valence-corrected chi connectivity index (χ3v) is 5.38. The summed E-state index contributed by atoms with van der Waals surface area (Å²) >= 11 is 0. The van der Waals surface area contributed by atoms with Crippen LogP contribution in [0.25, 0.3) is 0 Å². The Balaban J connectivity index is 0.00000729. The molecule has 1 heterocycles. The molecule has 0 unspecified atom stereocenters. The Hall–Kier alpha value is -0.820. The highest BCUT2D eigenvalue weighted by molar-refractivity contribution is 14.0. The zero-order valence-electron chi connectivity index (χ0n) is 17.4. The maximum absolute atomic E-state index is 11.6. The van der Waals surface area contributed by atoms with Crippen LogP contribution in [0.15, 0.2) is 4.99 Å². The number of ether oxygens (including phenoxy) is 1. The number of hydrogen-bond donors (Lipinski definition) is 3. The first-order chi connectivity index (χ1) is 12.6. The molecule has 3 N–H and O–H groups in total. The molecule has 28 heavy (non-hydrogen) atoms. The molecule has 1 aliphatic rings. The second kappa shape index (κ2) is 13.4. The first-order valence-electron chi connectivity index (χ1n) is 9.53. The normalized spacial score (nSPS) is 17.4. The Morgan fingerprint density at radius 2 is 1.75 bits per heavy atom. The van der Waals surface area contributed by atoms with E-state index in [2.05, 4.69) is 25.8 Å². The van der Waals surface area contributed by atoms with Gasteiger partial charge in [-0.05, 0) is 34.1 Å². The summed E-state index contributed by atoms with van der Waals surface area (Å²) in [6.45, 7) is 12.0. The van der Waals surface area contributed by atoms with Gasteiger partial charge in [-0.25, -0.2) is 13.2 Å². The largest absolute Gasteiger partial charge is 0.444 e. The number of carbonyl (C=O) groups is 1. The molecule has 0 aromatic heterocycles. The van der Waals surface area contributed by atoms with E-state index in [1.807, 2.05) is 27.7 Å². The lowest BCUT2D eigenvalue weighted by Gasteiger charge is -2.26. The van der Waals surface area contributed by atoms with Gasteiger partial charge in [0.1, 0.15) is 5.60 Å². The van der Waals surface area contributed by atoms with E-state index >= 15 is 0 Å². The van der Waals surface area contributed by atoms with Crippen LogP contribution < -0.4 is 16.0 Å². The first kappa shape index (κ1) is 27.2. The number of nitrogens with zero attached hydrogens (tertiary/aromatic N) is 2. The van der Waals surface area contributed by atoms with Gasteiger partial charge < -0.3 is 20.7 Å². The molecule has 0 aliphatic carbocycles. The number of rotatable bonds is 8. The summed E-state index contributed by atoms with van der Waals surface area (Å²) in [5.74, 6) is 1.21. The summed E-state index contributed by atoms with van der Waals surface area (Å²) in [6, 6.07) is 0. The van der Waals surface area contributed by atoms with Gasteiger partial charge in [0.2, 0.25) is 0 Å². The molecule has 1 saturated heterocycles. The lowest BCUT2D eigenvalue weighted by atomic mass is 10.2. The molecule has 166 valence electrons. The minimum absolute atomic E-state index is 0. The van der Waals surface area contributed by atoms with Gasteiger partial charge in [0.25, 0.3) is 0 Å². The number of sulfone groups is 1. The van der Waals surface area contributed by atoms with Crippen molar-refractivity contribution < 1.29 is 17.9 Å². The fourth-order valence-electron chi connectivity index (χ4n) is 2.42. The summed E-state index contributed by atoms with van der Waals surface area (Å²) in [6.07, 6.45) is 0.292. The number of halogens is 1. The van der Waals surface area contributed by atoms with Crippen LogP contribution >= 0.6 is 24.0 Å². The molecule has 0 aromatic carbocycles. The average molecular weight is 533 g/mol. The van der Waals surface area contributed by atoms with Crippen LogP contribution in [0.1, 0.15) is 34.1 Å². The molecule has 1 fully saturated rings. The van der Waals surface area contributed by atoms with Gasteiger partial charge in [0, 0.05) is 45.8 Å². The summed E-state index contributed by atoms with van der Waals surface area (Å²) in [7, 11) is -2.84. The molecule has 11 heteroatoms. The Bertz CT molecular complexity index is 579. The van der Waals surface area contributed by atoms with E-state index < -0.39 is 21.5 Å². The van der Waals surface area contributed by atoms with Gasteiger partial charge >= 0.3 is 6.09 Å². The molecule has 1 rings (SSSR count). The summed E-state index contributed by atoms with van der Waals surface area (Å²) in [4.78, 5) is 18.2. The molecule has 1 aliphatic heterocycles. The molecule has 1 amide bonds. The van der Waals surface area contributed by atoms with Gasteiger partial charge in [-0.3, -0.25) is 9.89 Å². The Morgan fingerprint density at radius 3 is 2.32 bits per heavy atom. The second-order valence-electron chi connectivity index (χ2n) is 7.46. The molecule has 0 atom stereocenters. The first-order valence-corrected chi connectivity index (χ1v) is 11.4. The molecular weight excluding hydrogens is 497 g/mol. The van der Waals surface area contributed by atoms with Gasteiger partial charge in [-0.15, -0.1) is 24.0 Å². The fourth-order valence-corrected chi connectivity index (χ4v) is 3.70.